The minimum Gasteiger partial charge on any atom is -0.349 e. The average molecular weight is 355 g/mol. The van der Waals surface area contributed by atoms with Crippen molar-refractivity contribution in [2.45, 2.75) is 27.3 Å². The molecule has 3 aromatic rings. The van der Waals surface area contributed by atoms with Crippen molar-refractivity contribution in [3.8, 4) is 11.3 Å². The van der Waals surface area contributed by atoms with Crippen LogP contribution < -0.4 is 5.32 Å². The molecule has 0 bridgehead atoms. The van der Waals surface area contributed by atoms with Crippen LogP contribution in [0.1, 0.15) is 27.4 Å². The van der Waals surface area contributed by atoms with E-state index in [2.05, 4.69) is 15.5 Å². The molecule has 136 valence electrons. The average Bonchev–Trinajstić information content (AvgIpc) is 3.11. The molecule has 1 N–H and O–H groups in total. The Bertz CT molecular complexity index is 940. The van der Waals surface area contributed by atoms with E-state index in [9.17, 15) is 9.18 Å². The predicted octanol–water partition coefficient (Wildman–Crippen LogP) is 2.78. The predicted molar refractivity (Wildman–Crippen MR) is 97.4 cm³/mol. The molecule has 2 heterocycles. The number of halogens is 1. The summed E-state index contributed by atoms with van der Waals surface area (Å²) in [6.07, 6.45) is 0. The number of rotatable bonds is 5. The molecule has 0 atom stereocenters. The molecule has 0 fully saturated rings. The normalized spacial score (nSPS) is 11.0. The lowest BCUT2D eigenvalue weighted by Crippen LogP contribution is -2.28. The maximum absolute atomic E-state index is 13.1. The van der Waals surface area contributed by atoms with E-state index in [-0.39, 0.29) is 11.7 Å². The number of hydrogen-bond donors (Lipinski definition) is 1. The lowest BCUT2D eigenvalue weighted by atomic mass is 10.1. The summed E-state index contributed by atoms with van der Waals surface area (Å²) in [6, 6.07) is 7.81. The van der Waals surface area contributed by atoms with Crippen LogP contribution in [0.25, 0.3) is 11.3 Å². The van der Waals surface area contributed by atoms with Gasteiger partial charge in [-0.2, -0.15) is 10.2 Å². The van der Waals surface area contributed by atoms with Gasteiger partial charge in [0.2, 0.25) is 0 Å². The number of benzene rings is 1. The Labute approximate surface area is 151 Å². The van der Waals surface area contributed by atoms with Gasteiger partial charge in [-0.1, -0.05) is 0 Å². The van der Waals surface area contributed by atoms with Crippen LogP contribution in [0.4, 0.5) is 4.39 Å². The zero-order valence-corrected chi connectivity index (χ0v) is 15.4. The fraction of sp³-hybridized carbons (Fsp3) is 0.316. The molecule has 3 rings (SSSR count). The van der Waals surface area contributed by atoms with E-state index >= 15 is 0 Å². The first kappa shape index (κ1) is 17.8. The molecule has 7 heteroatoms. The van der Waals surface area contributed by atoms with E-state index in [0.29, 0.717) is 18.8 Å². The molecule has 0 aliphatic heterocycles. The van der Waals surface area contributed by atoms with Crippen molar-refractivity contribution < 1.29 is 9.18 Å². The summed E-state index contributed by atoms with van der Waals surface area (Å²) in [6.45, 7) is 7.09. The Morgan fingerprint density at radius 2 is 1.85 bits per heavy atom. The smallest absolute Gasteiger partial charge is 0.271 e. The summed E-state index contributed by atoms with van der Waals surface area (Å²) in [7, 11) is 1.76. The van der Waals surface area contributed by atoms with Gasteiger partial charge in [0.05, 0.1) is 17.9 Å². The standard InChI is InChI=1S/C19H22FN5O/c1-12-13(2)22-25(14(12)3)10-9-21-19(26)17-11-18(24(4)23-17)15-5-7-16(20)8-6-15/h5-8,11H,9-10H2,1-4H3,(H,21,26). The molecular weight excluding hydrogens is 333 g/mol. The van der Waals surface area contributed by atoms with E-state index in [4.69, 9.17) is 0 Å². The number of aryl methyl sites for hydroxylation is 2. The molecule has 0 aliphatic carbocycles. The molecule has 26 heavy (non-hydrogen) atoms. The van der Waals surface area contributed by atoms with E-state index in [0.717, 1.165) is 22.6 Å². The van der Waals surface area contributed by atoms with Crippen molar-refractivity contribution >= 4 is 5.91 Å². The van der Waals surface area contributed by atoms with Gasteiger partial charge in [-0.25, -0.2) is 4.39 Å². The topological polar surface area (TPSA) is 64.7 Å². The molecule has 1 aromatic carbocycles. The molecule has 0 saturated heterocycles. The number of aromatic nitrogens is 4. The van der Waals surface area contributed by atoms with E-state index in [1.54, 1.807) is 29.9 Å². The van der Waals surface area contributed by atoms with Crippen molar-refractivity contribution in [3.05, 3.63) is 58.8 Å². The fourth-order valence-corrected chi connectivity index (χ4v) is 2.84. The Morgan fingerprint density at radius 3 is 2.46 bits per heavy atom. The van der Waals surface area contributed by atoms with Crippen LogP contribution in [0.3, 0.4) is 0 Å². The zero-order chi connectivity index (χ0) is 18.8. The molecule has 0 unspecified atom stereocenters. The Balaban J connectivity index is 1.66. The molecule has 0 radical (unpaired) electrons. The van der Waals surface area contributed by atoms with Crippen LogP contribution in [0.15, 0.2) is 30.3 Å². The monoisotopic (exact) mass is 355 g/mol. The highest BCUT2D eigenvalue weighted by atomic mass is 19.1. The summed E-state index contributed by atoms with van der Waals surface area (Å²) in [5.74, 6) is -0.541. The van der Waals surface area contributed by atoms with Gasteiger partial charge < -0.3 is 5.32 Å². The number of carbonyl (C=O) groups excluding carboxylic acids is 1. The molecular formula is C19H22FN5O. The molecule has 6 nitrogen and oxygen atoms in total. The highest BCUT2D eigenvalue weighted by Crippen LogP contribution is 2.20. The van der Waals surface area contributed by atoms with E-state index in [1.165, 1.54) is 17.7 Å². The maximum atomic E-state index is 13.1. The lowest BCUT2D eigenvalue weighted by Gasteiger charge is -2.06. The lowest BCUT2D eigenvalue weighted by molar-refractivity contribution is 0.0946. The van der Waals surface area contributed by atoms with Crippen molar-refractivity contribution in [2.75, 3.05) is 6.54 Å². The SMILES string of the molecule is Cc1nn(CCNC(=O)c2cc(-c3ccc(F)cc3)n(C)n2)c(C)c1C. The maximum Gasteiger partial charge on any atom is 0.271 e. The summed E-state index contributed by atoms with van der Waals surface area (Å²) >= 11 is 0. The molecule has 1 amide bonds. The second kappa shape index (κ2) is 7.11. The van der Waals surface area contributed by atoms with E-state index < -0.39 is 0 Å². The molecule has 0 saturated carbocycles. The zero-order valence-electron chi connectivity index (χ0n) is 15.4. The van der Waals surface area contributed by atoms with Gasteiger partial charge in [-0.3, -0.25) is 14.2 Å². The Kier molecular flexibility index (Phi) is 4.88. The third-order valence-electron chi connectivity index (χ3n) is 4.60. The van der Waals surface area contributed by atoms with Crippen LogP contribution >= 0.6 is 0 Å². The van der Waals surface area contributed by atoms with Crippen LogP contribution in [0.5, 0.6) is 0 Å². The van der Waals surface area contributed by atoms with Crippen molar-refractivity contribution in [2.24, 2.45) is 7.05 Å². The summed E-state index contributed by atoms with van der Waals surface area (Å²) < 4.78 is 16.6. The Morgan fingerprint density at radius 1 is 1.15 bits per heavy atom. The summed E-state index contributed by atoms with van der Waals surface area (Å²) in [5.41, 5.74) is 5.17. The largest absolute Gasteiger partial charge is 0.349 e. The first-order chi connectivity index (χ1) is 12.4. The first-order valence-corrected chi connectivity index (χ1v) is 8.45. The minimum absolute atomic E-state index is 0.243. The number of nitrogens with one attached hydrogen (secondary N) is 1. The van der Waals surface area contributed by atoms with Gasteiger partial charge in [-0.05, 0) is 62.2 Å². The van der Waals surface area contributed by atoms with Crippen LogP contribution in [-0.4, -0.2) is 32.0 Å². The van der Waals surface area contributed by atoms with Gasteiger partial charge in [0, 0.05) is 19.3 Å². The second-order valence-corrected chi connectivity index (χ2v) is 6.32. The number of nitrogens with zero attached hydrogens (tertiary/aromatic N) is 4. The number of hydrogen-bond acceptors (Lipinski definition) is 3. The molecule has 0 aliphatic rings. The van der Waals surface area contributed by atoms with Crippen LogP contribution in [0.2, 0.25) is 0 Å². The number of amides is 1. The molecule has 2 aromatic heterocycles. The van der Waals surface area contributed by atoms with Crippen LogP contribution in [-0.2, 0) is 13.6 Å². The van der Waals surface area contributed by atoms with Crippen molar-refractivity contribution in [1.82, 2.24) is 24.9 Å². The first-order valence-electron chi connectivity index (χ1n) is 8.45. The quantitative estimate of drug-likeness (QED) is 0.765. The van der Waals surface area contributed by atoms with Gasteiger partial charge in [0.15, 0.2) is 5.69 Å². The highest BCUT2D eigenvalue weighted by Gasteiger charge is 2.14. The van der Waals surface area contributed by atoms with Crippen molar-refractivity contribution in [3.63, 3.8) is 0 Å². The van der Waals surface area contributed by atoms with Gasteiger partial charge in [-0.15, -0.1) is 0 Å². The summed E-state index contributed by atoms with van der Waals surface area (Å²) in [4.78, 5) is 12.4. The van der Waals surface area contributed by atoms with Crippen molar-refractivity contribution in [1.29, 1.82) is 0 Å². The minimum atomic E-state index is -0.298. The van der Waals surface area contributed by atoms with Gasteiger partial charge in [0.25, 0.3) is 5.91 Å². The second-order valence-electron chi connectivity index (χ2n) is 6.32. The number of carbonyl (C=O) groups is 1. The third kappa shape index (κ3) is 3.51. The summed E-state index contributed by atoms with van der Waals surface area (Å²) in [5, 5.41) is 11.6. The van der Waals surface area contributed by atoms with Gasteiger partial charge in [0.1, 0.15) is 5.82 Å². The van der Waals surface area contributed by atoms with E-state index in [1.807, 2.05) is 25.5 Å². The molecule has 0 spiro atoms. The van der Waals surface area contributed by atoms with Crippen LogP contribution in [0, 0.1) is 26.6 Å². The fourth-order valence-electron chi connectivity index (χ4n) is 2.84. The third-order valence-corrected chi connectivity index (χ3v) is 4.60. The van der Waals surface area contributed by atoms with Gasteiger partial charge >= 0.3 is 0 Å². The Hall–Kier alpha value is -2.96. The highest BCUT2D eigenvalue weighted by molar-refractivity contribution is 5.93.